The molecule has 7 nitrogen and oxygen atoms in total. The summed E-state index contributed by atoms with van der Waals surface area (Å²) >= 11 is 3.49. The van der Waals surface area contributed by atoms with Gasteiger partial charge in [-0.05, 0) is 80.9 Å². The molecule has 0 N–H and O–H groups in total. The fraction of sp³-hybridized carbons (Fsp3) is 0.296. The maximum atomic E-state index is 13.4. The van der Waals surface area contributed by atoms with Gasteiger partial charge >= 0.3 is 0 Å². The van der Waals surface area contributed by atoms with Gasteiger partial charge in [-0.1, -0.05) is 15.9 Å². The number of ether oxygens (including phenoxy) is 1. The lowest BCUT2D eigenvalue weighted by atomic mass is 10.0. The molecule has 1 amide bonds. The van der Waals surface area contributed by atoms with Crippen LogP contribution in [0.2, 0.25) is 0 Å². The molecule has 1 saturated heterocycles. The number of aryl methyl sites for hydroxylation is 1. The molecule has 2 aliphatic heterocycles. The van der Waals surface area contributed by atoms with Crippen LogP contribution in [0.4, 0.5) is 5.69 Å². The van der Waals surface area contributed by atoms with Crippen LogP contribution in [-0.2, 0) is 19.6 Å². The molecule has 0 aliphatic carbocycles. The summed E-state index contributed by atoms with van der Waals surface area (Å²) in [5.74, 6) is -0.123. The number of halogens is 1. The maximum Gasteiger partial charge on any atom is 0.258 e. The van der Waals surface area contributed by atoms with E-state index in [0.717, 1.165) is 32.8 Å². The van der Waals surface area contributed by atoms with E-state index in [0.29, 0.717) is 44.0 Å². The van der Waals surface area contributed by atoms with Crippen molar-refractivity contribution in [1.29, 1.82) is 0 Å². The Bertz CT molecular complexity index is 1470. The van der Waals surface area contributed by atoms with Crippen LogP contribution in [-0.4, -0.2) is 56.0 Å². The summed E-state index contributed by atoms with van der Waals surface area (Å²) in [4.78, 5) is 15.3. The lowest BCUT2D eigenvalue weighted by molar-refractivity contribution is -0.112. The van der Waals surface area contributed by atoms with Crippen LogP contribution in [0.1, 0.15) is 29.4 Å². The molecule has 188 valence electrons. The molecule has 2 aromatic carbocycles. The minimum Gasteiger partial charge on any atom is -0.379 e. The second-order valence-electron chi connectivity index (χ2n) is 8.94. The molecule has 1 aromatic heterocycles. The summed E-state index contributed by atoms with van der Waals surface area (Å²) in [6, 6.07) is 15.1. The van der Waals surface area contributed by atoms with Crippen LogP contribution in [0.5, 0.6) is 0 Å². The van der Waals surface area contributed by atoms with Gasteiger partial charge in [0.15, 0.2) is 0 Å². The second kappa shape index (κ2) is 9.63. The molecule has 0 saturated carbocycles. The summed E-state index contributed by atoms with van der Waals surface area (Å²) in [5, 5.41) is 0. The number of rotatable bonds is 5. The number of carbonyl (C=O) groups excluding carboxylic acids is 1. The normalized spacial score (nSPS) is 17.7. The number of anilines is 1. The zero-order chi connectivity index (χ0) is 25.6. The largest absolute Gasteiger partial charge is 0.379 e. The molecule has 3 aromatic rings. The number of likely N-dealkylation sites (N-methyl/N-ethyl adjacent to an activating group) is 1. The van der Waals surface area contributed by atoms with Gasteiger partial charge < -0.3 is 14.2 Å². The fourth-order valence-electron chi connectivity index (χ4n) is 4.96. The Kier molecular flexibility index (Phi) is 6.67. The number of hydrogen-bond donors (Lipinski definition) is 0. The van der Waals surface area contributed by atoms with Crippen molar-refractivity contribution in [3.63, 3.8) is 0 Å². The monoisotopic (exact) mass is 569 g/mol. The van der Waals surface area contributed by atoms with E-state index in [1.807, 2.05) is 51.1 Å². The van der Waals surface area contributed by atoms with Crippen molar-refractivity contribution in [1.82, 2.24) is 8.87 Å². The number of carbonyl (C=O) groups is 1. The Morgan fingerprint density at radius 1 is 1.03 bits per heavy atom. The highest BCUT2D eigenvalue weighted by atomic mass is 79.9. The fourth-order valence-corrected chi connectivity index (χ4v) is 6.66. The maximum absolute atomic E-state index is 13.4. The van der Waals surface area contributed by atoms with Crippen LogP contribution in [0.15, 0.2) is 57.9 Å². The van der Waals surface area contributed by atoms with E-state index in [1.165, 1.54) is 4.31 Å². The Morgan fingerprint density at radius 2 is 1.72 bits per heavy atom. The van der Waals surface area contributed by atoms with Gasteiger partial charge in [-0.3, -0.25) is 4.79 Å². The lowest BCUT2D eigenvalue weighted by Gasteiger charge is -2.26. The average molecular weight is 571 g/mol. The average Bonchev–Trinajstić information content (AvgIpc) is 3.31. The zero-order valence-electron chi connectivity index (χ0n) is 20.5. The van der Waals surface area contributed by atoms with Crippen molar-refractivity contribution in [3.05, 3.63) is 75.5 Å². The Morgan fingerprint density at radius 3 is 2.39 bits per heavy atom. The van der Waals surface area contributed by atoms with E-state index in [9.17, 15) is 13.2 Å². The van der Waals surface area contributed by atoms with Crippen molar-refractivity contribution in [3.8, 4) is 5.69 Å². The first-order valence-electron chi connectivity index (χ1n) is 11.9. The van der Waals surface area contributed by atoms with E-state index in [-0.39, 0.29) is 10.8 Å². The predicted molar refractivity (Wildman–Crippen MR) is 145 cm³/mol. The number of hydrogen-bond acceptors (Lipinski definition) is 4. The molecule has 5 rings (SSSR count). The van der Waals surface area contributed by atoms with Gasteiger partial charge in [0.25, 0.3) is 5.91 Å². The first kappa shape index (κ1) is 25.0. The Balaban J connectivity index is 1.60. The molecule has 0 spiro atoms. The Labute approximate surface area is 220 Å². The number of aromatic nitrogens is 1. The topological polar surface area (TPSA) is 71.9 Å². The standard InChI is InChI=1S/C27H28BrN3O4S/c1-4-30-26-10-9-23(36(33,34)29-11-13-35-14-12-29)17-24(26)25(27(30)32)16-20-15-18(2)31(19(20)3)22-7-5-21(28)6-8-22/h5-10,15-17H,4,11-14H2,1-3H3. The molecule has 36 heavy (non-hydrogen) atoms. The van der Waals surface area contributed by atoms with E-state index < -0.39 is 10.0 Å². The van der Waals surface area contributed by atoms with Crippen molar-refractivity contribution in [2.24, 2.45) is 0 Å². The van der Waals surface area contributed by atoms with Crippen LogP contribution >= 0.6 is 15.9 Å². The van der Waals surface area contributed by atoms with E-state index >= 15 is 0 Å². The molecule has 0 radical (unpaired) electrons. The molecule has 0 bridgehead atoms. The molecule has 0 atom stereocenters. The van der Waals surface area contributed by atoms with Crippen LogP contribution in [0, 0.1) is 13.8 Å². The Hall–Kier alpha value is -2.72. The van der Waals surface area contributed by atoms with Crippen molar-refractivity contribution in [2.45, 2.75) is 25.7 Å². The van der Waals surface area contributed by atoms with Crippen molar-refractivity contribution >= 4 is 49.2 Å². The SMILES string of the molecule is CCN1C(=O)C(=Cc2cc(C)n(-c3ccc(Br)cc3)c2C)c2cc(S(=O)(=O)N3CCOCC3)ccc21. The lowest BCUT2D eigenvalue weighted by Crippen LogP contribution is -2.40. The summed E-state index contributed by atoms with van der Waals surface area (Å²) < 4.78 is 36.5. The van der Waals surface area contributed by atoms with Crippen LogP contribution < -0.4 is 4.90 Å². The number of nitrogens with zero attached hydrogens (tertiary/aromatic N) is 3. The van der Waals surface area contributed by atoms with E-state index in [2.05, 4.69) is 26.6 Å². The van der Waals surface area contributed by atoms with Crippen molar-refractivity contribution in [2.75, 3.05) is 37.7 Å². The van der Waals surface area contributed by atoms with Gasteiger partial charge in [0.1, 0.15) is 0 Å². The molecule has 2 aliphatic rings. The quantitative estimate of drug-likeness (QED) is 0.414. The highest BCUT2D eigenvalue weighted by Crippen LogP contribution is 2.40. The number of benzene rings is 2. The van der Waals surface area contributed by atoms with Gasteiger partial charge in [0.2, 0.25) is 10.0 Å². The predicted octanol–water partition coefficient (Wildman–Crippen LogP) is 4.78. The summed E-state index contributed by atoms with van der Waals surface area (Å²) in [6.45, 7) is 7.88. The van der Waals surface area contributed by atoms with Gasteiger partial charge in [-0.25, -0.2) is 8.42 Å². The third-order valence-electron chi connectivity index (χ3n) is 6.80. The molecular formula is C27H28BrN3O4S. The smallest absolute Gasteiger partial charge is 0.258 e. The van der Waals surface area contributed by atoms with Gasteiger partial charge in [0, 0.05) is 52.3 Å². The molecule has 0 unspecified atom stereocenters. The second-order valence-corrected chi connectivity index (χ2v) is 11.8. The summed E-state index contributed by atoms with van der Waals surface area (Å²) in [7, 11) is -3.68. The highest BCUT2D eigenvalue weighted by molar-refractivity contribution is 9.10. The molecule has 3 heterocycles. The third-order valence-corrected chi connectivity index (χ3v) is 9.23. The molecular weight excluding hydrogens is 542 g/mol. The first-order chi connectivity index (χ1) is 17.2. The third kappa shape index (κ3) is 4.24. The number of fused-ring (bicyclic) bond motifs is 1. The molecule has 1 fully saturated rings. The number of amides is 1. The summed E-state index contributed by atoms with van der Waals surface area (Å²) in [5.41, 5.74) is 5.88. The van der Waals surface area contributed by atoms with Crippen LogP contribution in [0.25, 0.3) is 17.3 Å². The minimum atomic E-state index is -3.68. The van der Waals surface area contributed by atoms with E-state index in [4.69, 9.17) is 4.74 Å². The first-order valence-corrected chi connectivity index (χ1v) is 14.2. The highest BCUT2D eigenvalue weighted by Gasteiger charge is 2.34. The zero-order valence-corrected chi connectivity index (χ0v) is 22.9. The van der Waals surface area contributed by atoms with Gasteiger partial charge in [-0.2, -0.15) is 4.31 Å². The summed E-state index contributed by atoms with van der Waals surface area (Å²) in [6.07, 6.45) is 1.89. The molecule has 9 heteroatoms. The van der Waals surface area contributed by atoms with Gasteiger partial charge in [0.05, 0.1) is 23.8 Å². The number of morpholine rings is 1. The number of sulfonamides is 1. The van der Waals surface area contributed by atoms with Gasteiger partial charge in [-0.15, -0.1) is 0 Å². The van der Waals surface area contributed by atoms with Crippen LogP contribution in [0.3, 0.4) is 0 Å². The minimum absolute atomic E-state index is 0.123. The van der Waals surface area contributed by atoms with Crippen molar-refractivity contribution < 1.29 is 17.9 Å². The van der Waals surface area contributed by atoms with E-state index in [1.54, 1.807) is 23.1 Å².